The molecule has 0 bridgehead atoms. The molecule has 3 rings (SSSR count). The van der Waals surface area contributed by atoms with E-state index in [9.17, 15) is 9.59 Å². The summed E-state index contributed by atoms with van der Waals surface area (Å²) in [4.78, 5) is 24.3. The van der Waals surface area contributed by atoms with Crippen molar-refractivity contribution in [2.24, 2.45) is 22.7 Å². The molecule has 0 aromatic rings. The number of Topliss-reactive ketones (excluding diaryl/α,β-unsaturated/α-hetero) is 1. The summed E-state index contributed by atoms with van der Waals surface area (Å²) < 4.78 is 5.06. The van der Waals surface area contributed by atoms with Crippen LogP contribution in [0.3, 0.4) is 0 Å². The highest BCUT2D eigenvalue weighted by atomic mass is 16.5. The van der Waals surface area contributed by atoms with Gasteiger partial charge < -0.3 is 4.74 Å². The summed E-state index contributed by atoms with van der Waals surface area (Å²) >= 11 is 0. The first kappa shape index (κ1) is 11.2. The zero-order chi connectivity index (χ0) is 12.3. The average Bonchev–Trinajstić information content (AvgIpc) is 2.68. The molecular weight excluding hydrogens is 216 g/mol. The third-order valence-electron chi connectivity index (χ3n) is 5.84. The maximum absolute atomic E-state index is 12.2. The van der Waals surface area contributed by atoms with E-state index in [0.717, 1.165) is 32.1 Å². The molecule has 0 spiro atoms. The number of hydrogen-bond acceptors (Lipinski definition) is 3. The molecule has 0 amide bonds. The van der Waals surface area contributed by atoms with Gasteiger partial charge in [0, 0.05) is 12.3 Å². The monoisotopic (exact) mass is 236 g/mol. The second kappa shape index (κ2) is 3.33. The van der Waals surface area contributed by atoms with E-state index in [1.54, 1.807) is 0 Å². The molecule has 3 heteroatoms. The minimum atomic E-state index is -0.331. The number of ether oxygens (including phenoxy) is 1. The van der Waals surface area contributed by atoms with Gasteiger partial charge in [0.05, 0.1) is 12.5 Å². The number of fused-ring (bicyclic) bond motifs is 4. The van der Waals surface area contributed by atoms with Crippen LogP contribution in [0.15, 0.2) is 0 Å². The van der Waals surface area contributed by atoms with Crippen molar-refractivity contribution in [2.75, 3.05) is 7.11 Å². The van der Waals surface area contributed by atoms with Crippen molar-refractivity contribution >= 4 is 11.8 Å². The van der Waals surface area contributed by atoms with E-state index in [1.807, 2.05) is 0 Å². The molecule has 3 saturated carbocycles. The molecule has 94 valence electrons. The van der Waals surface area contributed by atoms with Gasteiger partial charge >= 0.3 is 5.97 Å². The summed E-state index contributed by atoms with van der Waals surface area (Å²) in [5, 5.41) is 0. The smallest absolute Gasteiger partial charge is 0.312 e. The van der Waals surface area contributed by atoms with Crippen LogP contribution in [-0.2, 0) is 14.3 Å². The SMILES string of the molecule is COC(=O)[C@]12CCC[C@H]1[C@@H]1C(=O)CCC[C@@]12C. The van der Waals surface area contributed by atoms with Gasteiger partial charge in [0.1, 0.15) is 5.78 Å². The molecule has 4 atom stereocenters. The maximum atomic E-state index is 12.2. The fraction of sp³-hybridized carbons (Fsp3) is 0.857. The Kier molecular flexibility index (Phi) is 2.20. The first-order valence-electron chi connectivity index (χ1n) is 6.69. The van der Waals surface area contributed by atoms with Crippen molar-refractivity contribution in [3.63, 3.8) is 0 Å². The van der Waals surface area contributed by atoms with Gasteiger partial charge in [0.25, 0.3) is 0 Å². The zero-order valence-electron chi connectivity index (χ0n) is 10.6. The van der Waals surface area contributed by atoms with Crippen LogP contribution in [0.5, 0.6) is 0 Å². The van der Waals surface area contributed by atoms with E-state index in [1.165, 1.54) is 7.11 Å². The van der Waals surface area contributed by atoms with Crippen molar-refractivity contribution in [3.8, 4) is 0 Å². The van der Waals surface area contributed by atoms with Gasteiger partial charge in [-0.2, -0.15) is 0 Å². The molecular formula is C14H20O3. The summed E-state index contributed by atoms with van der Waals surface area (Å²) in [6, 6.07) is 0. The molecule has 0 unspecified atom stereocenters. The lowest BCUT2D eigenvalue weighted by molar-refractivity contribution is -0.219. The van der Waals surface area contributed by atoms with Crippen molar-refractivity contribution in [1.29, 1.82) is 0 Å². The molecule has 3 fully saturated rings. The second-order valence-corrected chi connectivity index (χ2v) is 6.18. The Labute approximate surface area is 102 Å². The lowest BCUT2D eigenvalue weighted by atomic mass is 9.36. The van der Waals surface area contributed by atoms with Gasteiger partial charge in [-0.15, -0.1) is 0 Å². The van der Waals surface area contributed by atoms with E-state index in [4.69, 9.17) is 4.74 Å². The Hall–Kier alpha value is -0.860. The molecule has 3 nitrogen and oxygen atoms in total. The Bertz CT molecular complexity index is 389. The first-order chi connectivity index (χ1) is 8.08. The van der Waals surface area contributed by atoms with Gasteiger partial charge in [0.15, 0.2) is 0 Å². The predicted octanol–water partition coefficient (Wildman–Crippen LogP) is 2.33. The van der Waals surface area contributed by atoms with Gasteiger partial charge in [-0.1, -0.05) is 13.3 Å². The molecule has 3 aliphatic rings. The minimum absolute atomic E-state index is 0.0616. The first-order valence-corrected chi connectivity index (χ1v) is 6.69. The van der Waals surface area contributed by atoms with Gasteiger partial charge in [-0.05, 0) is 37.0 Å². The number of hydrogen-bond donors (Lipinski definition) is 0. The van der Waals surface area contributed by atoms with E-state index in [0.29, 0.717) is 12.2 Å². The molecule has 0 N–H and O–H groups in total. The third-order valence-corrected chi connectivity index (χ3v) is 5.84. The summed E-state index contributed by atoms with van der Waals surface area (Å²) in [5.41, 5.74) is -0.445. The lowest BCUT2D eigenvalue weighted by Gasteiger charge is -2.65. The summed E-state index contributed by atoms with van der Waals surface area (Å²) in [6.07, 6.45) is 5.69. The van der Waals surface area contributed by atoms with Crippen LogP contribution in [0.25, 0.3) is 0 Å². The van der Waals surface area contributed by atoms with E-state index < -0.39 is 0 Å². The van der Waals surface area contributed by atoms with Crippen LogP contribution in [0.1, 0.15) is 45.4 Å². The van der Waals surface area contributed by atoms with Crippen molar-refractivity contribution < 1.29 is 14.3 Å². The Morgan fingerprint density at radius 1 is 1.35 bits per heavy atom. The van der Waals surface area contributed by atoms with E-state index in [2.05, 4.69) is 6.92 Å². The molecule has 0 radical (unpaired) electrons. The minimum Gasteiger partial charge on any atom is -0.469 e. The third kappa shape index (κ3) is 1.04. The Balaban J connectivity index is 2.04. The topological polar surface area (TPSA) is 43.4 Å². The summed E-state index contributed by atoms with van der Waals surface area (Å²) in [7, 11) is 1.48. The fourth-order valence-electron chi connectivity index (χ4n) is 5.23. The highest BCUT2D eigenvalue weighted by Crippen LogP contribution is 2.74. The summed E-state index contributed by atoms with van der Waals surface area (Å²) in [6.45, 7) is 2.15. The molecule has 0 aromatic carbocycles. The molecule has 0 aliphatic heterocycles. The van der Waals surface area contributed by atoms with Crippen LogP contribution in [-0.4, -0.2) is 18.9 Å². The quantitative estimate of drug-likeness (QED) is 0.656. The van der Waals surface area contributed by atoms with Gasteiger partial charge in [-0.3, -0.25) is 9.59 Å². The number of ketones is 1. The Morgan fingerprint density at radius 2 is 2.12 bits per heavy atom. The maximum Gasteiger partial charge on any atom is 0.312 e. The van der Waals surface area contributed by atoms with Crippen molar-refractivity contribution in [1.82, 2.24) is 0 Å². The lowest BCUT2D eigenvalue weighted by Crippen LogP contribution is -2.69. The molecule has 17 heavy (non-hydrogen) atoms. The van der Waals surface area contributed by atoms with Crippen molar-refractivity contribution in [2.45, 2.75) is 45.4 Å². The van der Waals surface area contributed by atoms with E-state index >= 15 is 0 Å². The van der Waals surface area contributed by atoms with Crippen LogP contribution in [0, 0.1) is 22.7 Å². The number of carbonyl (C=O) groups is 2. The number of esters is 1. The second-order valence-electron chi connectivity index (χ2n) is 6.18. The van der Waals surface area contributed by atoms with Gasteiger partial charge in [0.2, 0.25) is 0 Å². The highest BCUT2D eigenvalue weighted by Gasteiger charge is 2.76. The molecule has 3 aliphatic carbocycles. The molecule has 0 aromatic heterocycles. The highest BCUT2D eigenvalue weighted by molar-refractivity contribution is 5.90. The van der Waals surface area contributed by atoms with Gasteiger partial charge in [-0.25, -0.2) is 0 Å². The van der Waals surface area contributed by atoms with Crippen LogP contribution in [0.4, 0.5) is 0 Å². The number of rotatable bonds is 1. The number of carbonyl (C=O) groups excluding carboxylic acids is 2. The number of methoxy groups -OCH3 is 1. The molecule has 0 saturated heterocycles. The average molecular weight is 236 g/mol. The van der Waals surface area contributed by atoms with Crippen LogP contribution >= 0.6 is 0 Å². The van der Waals surface area contributed by atoms with Crippen LogP contribution < -0.4 is 0 Å². The van der Waals surface area contributed by atoms with E-state index in [-0.39, 0.29) is 28.6 Å². The normalized spacial score (nSPS) is 48.0. The standard InChI is InChI=1S/C14H20O3/c1-13-7-4-6-10(15)11(13)9-5-3-8-14(9,13)12(16)17-2/h9,11H,3-8H2,1-2H3/t9-,11+,13-,14-/m0/s1. The Morgan fingerprint density at radius 3 is 2.82 bits per heavy atom. The molecule has 0 heterocycles. The summed E-state index contributed by atoms with van der Waals surface area (Å²) in [5.74, 6) is 0.740. The predicted molar refractivity (Wildman–Crippen MR) is 62.2 cm³/mol. The van der Waals surface area contributed by atoms with Crippen LogP contribution in [0.2, 0.25) is 0 Å². The largest absolute Gasteiger partial charge is 0.469 e. The zero-order valence-corrected chi connectivity index (χ0v) is 10.6. The fourth-order valence-corrected chi connectivity index (χ4v) is 5.23. The van der Waals surface area contributed by atoms with Crippen molar-refractivity contribution in [3.05, 3.63) is 0 Å².